The molecule has 5 rings (SSSR count). The van der Waals surface area contributed by atoms with Crippen LogP contribution in [0.2, 0.25) is 0 Å². The number of piperidine rings is 1. The smallest absolute Gasteiger partial charge is 0.407 e. The van der Waals surface area contributed by atoms with E-state index in [2.05, 4.69) is 20.4 Å². The number of rotatable bonds is 4. The van der Waals surface area contributed by atoms with E-state index >= 15 is 0 Å². The van der Waals surface area contributed by atoms with Crippen molar-refractivity contribution in [2.45, 2.75) is 32.2 Å². The number of aromatic nitrogens is 4. The van der Waals surface area contributed by atoms with Gasteiger partial charge in [0.1, 0.15) is 17.4 Å². The Labute approximate surface area is 188 Å². The predicted molar refractivity (Wildman–Crippen MR) is 119 cm³/mol. The maximum Gasteiger partial charge on any atom is 0.407 e. The molecule has 4 aromatic rings. The Hall–Kier alpha value is -4.21. The van der Waals surface area contributed by atoms with Crippen LogP contribution in [0, 0.1) is 6.92 Å². The van der Waals surface area contributed by atoms with Crippen LogP contribution >= 0.6 is 0 Å². The predicted octanol–water partition coefficient (Wildman–Crippen LogP) is 4.15. The van der Waals surface area contributed by atoms with Gasteiger partial charge < -0.3 is 14.9 Å². The monoisotopic (exact) mass is 446 g/mol. The minimum absolute atomic E-state index is 0.281. The van der Waals surface area contributed by atoms with Crippen LogP contribution in [0.5, 0.6) is 0 Å². The summed E-state index contributed by atoms with van der Waals surface area (Å²) in [5.41, 5.74) is 3.24. The second-order valence-electron chi connectivity index (χ2n) is 8.00. The van der Waals surface area contributed by atoms with E-state index in [9.17, 15) is 14.7 Å². The first-order valence-electron chi connectivity index (χ1n) is 10.7. The summed E-state index contributed by atoms with van der Waals surface area (Å²) in [6.07, 6.45) is 4.68. The first-order valence-corrected chi connectivity index (χ1v) is 10.7. The Morgan fingerprint density at radius 3 is 2.94 bits per heavy atom. The van der Waals surface area contributed by atoms with E-state index in [4.69, 9.17) is 4.52 Å². The van der Waals surface area contributed by atoms with E-state index in [1.807, 2.05) is 37.3 Å². The van der Waals surface area contributed by atoms with E-state index in [0.29, 0.717) is 41.4 Å². The number of anilines is 1. The molecular weight excluding hydrogens is 424 g/mol. The second-order valence-corrected chi connectivity index (χ2v) is 8.00. The maximum absolute atomic E-state index is 12.9. The highest BCUT2D eigenvalue weighted by Crippen LogP contribution is 2.32. The molecule has 10 heteroatoms. The number of likely N-dealkylation sites (tertiary alicyclic amines) is 1. The number of fused-ring (bicyclic) bond motifs is 1. The molecule has 0 bridgehead atoms. The Morgan fingerprint density at radius 1 is 1.21 bits per heavy atom. The van der Waals surface area contributed by atoms with Crippen molar-refractivity contribution in [2.24, 2.45) is 0 Å². The summed E-state index contributed by atoms with van der Waals surface area (Å²) in [4.78, 5) is 34.6. The molecule has 3 aromatic heterocycles. The second kappa shape index (κ2) is 8.38. The standard InChI is InChI=1S/C23H22N6O4/c1-14-8-9-15(20-26-22(33-27-20)17-6-2-4-11-29(17)23(31)32)12-16(14)25-21(30)18-13-24-19-7-3-5-10-28(18)19/h3,5,7-10,12-13,17H,2,4,6,11H2,1H3,(H,25,30)(H,31,32). The molecule has 10 nitrogen and oxygen atoms in total. The first kappa shape index (κ1) is 20.7. The maximum atomic E-state index is 12.9. The third-order valence-corrected chi connectivity index (χ3v) is 5.87. The largest absolute Gasteiger partial charge is 0.465 e. The van der Waals surface area contributed by atoms with E-state index in [-0.39, 0.29) is 11.8 Å². The summed E-state index contributed by atoms with van der Waals surface area (Å²) in [6, 6.07) is 10.6. The van der Waals surface area contributed by atoms with Crippen molar-refractivity contribution in [3.8, 4) is 11.4 Å². The van der Waals surface area contributed by atoms with Gasteiger partial charge in [0.2, 0.25) is 11.7 Å². The number of carbonyl (C=O) groups is 2. The van der Waals surface area contributed by atoms with Crippen molar-refractivity contribution in [1.82, 2.24) is 24.4 Å². The first-order chi connectivity index (χ1) is 16.0. The molecule has 1 aromatic carbocycles. The van der Waals surface area contributed by atoms with Crippen molar-refractivity contribution in [1.29, 1.82) is 0 Å². The Bertz CT molecular complexity index is 1340. The summed E-state index contributed by atoms with van der Waals surface area (Å²) < 4.78 is 7.15. The van der Waals surface area contributed by atoms with Crippen LogP contribution < -0.4 is 5.32 Å². The van der Waals surface area contributed by atoms with Gasteiger partial charge in [-0.15, -0.1) is 0 Å². The Balaban J connectivity index is 1.40. The molecule has 1 saturated heterocycles. The average Bonchev–Trinajstić information content (AvgIpc) is 3.48. The van der Waals surface area contributed by atoms with Gasteiger partial charge in [-0.1, -0.05) is 23.4 Å². The fourth-order valence-corrected chi connectivity index (χ4v) is 4.09. The number of imidazole rings is 1. The lowest BCUT2D eigenvalue weighted by molar-refractivity contribution is 0.0931. The van der Waals surface area contributed by atoms with Gasteiger partial charge in [-0.2, -0.15) is 4.98 Å². The molecule has 33 heavy (non-hydrogen) atoms. The van der Waals surface area contributed by atoms with E-state index in [1.54, 1.807) is 16.7 Å². The molecule has 4 heterocycles. The van der Waals surface area contributed by atoms with Gasteiger partial charge in [0, 0.05) is 24.0 Å². The quantitative estimate of drug-likeness (QED) is 0.482. The normalized spacial score (nSPS) is 16.2. The number of carbonyl (C=O) groups excluding carboxylic acids is 1. The molecule has 2 N–H and O–H groups in total. The van der Waals surface area contributed by atoms with Gasteiger partial charge in [0.15, 0.2) is 0 Å². The number of nitrogens with one attached hydrogen (secondary N) is 1. The molecule has 1 unspecified atom stereocenters. The van der Waals surface area contributed by atoms with Crippen LogP contribution in [0.25, 0.3) is 17.0 Å². The zero-order valence-electron chi connectivity index (χ0n) is 17.9. The highest BCUT2D eigenvalue weighted by Gasteiger charge is 2.32. The molecular formula is C23H22N6O4. The van der Waals surface area contributed by atoms with Crippen LogP contribution in [-0.4, -0.2) is 48.1 Å². The summed E-state index contributed by atoms with van der Waals surface area (Å²) in [6.45, 7) is 2.34. The minimum Gasteiger partial charge on any atom is -0.465 e. The number of pyridine rings is 1. The highest BCUT2D eigenvalue weighted by molar-refractivity contribution is 6.04. The third kappa shape index (κ3) is 3.91. The lowest BCUT2D eigenvalue weighted by Crippen LogP contribution is -2.37. The van der Waals surface area contributed by atoms with Crippen molar-refractivity contribution < 1.29 is 19.2 Å². The fourth-order valence-electron chi connectivity index (χ4n) is 4.09. The van der Waals surface area contributed by atoms with Gasteiger partial charge in [-0.3, -0.25) is 14.1 Å². The van der Waals surface area contributed by atoms with E-state index < -0.39 is 12.1 Å². The van der Waals surface area contributed by atoms with Gasteiger partial charge >= 0.3 is 6.09 Å². The van der Waals surface area contributed by atoms with Crippen LogP contribution in [0.1, 0.15) is 47.2 Å². The molecule has 0 aliphatic carbocycles. The highest BCUT2D eigenvalue weighted by atomic mass is 16.5. The summed E-state index contributed by atoms with van der Waals surface area (Å²) in [7, 11) is 0. The van der Waals surface area contributed by atoms with Crippen molar-refractivity contribution >= 4 is 23.3 Å². The van der Waals surface area contributed by atoms with E-state index in [1.165, 1.54) is 11.1 Å². The summed E-state index contributed by atoms with van der Waals surface area (Å²) >= 11 is 0. The molecule has 0 saturated carbocycles. The average molecular weight is 446 g/mol. The third-order valence-electron chi connectivity index (χ3n) is 5.87. The van der Waals surface area contributed by atoms with Crippen LogP contribution in [0.4, 0.5) is 10.5 Å². The summed E-state index contributed by atoms with van der Waals surface area (Å²) in [5, 5.41) is 16.5. The molecule has 0 spiro atoms. The SMILES string of the molecule is Cc1ccc(-c2noc(C3CCCCN3C(=O)O)n2)cc1NC(=O)c1cnc2ccccn12. The van der Waals surface area contributed by atoms with E-state index in [0.717, 1.165) is 18.4 Å². The zero-order valence-corrected chi connectivity index (χ0v) is 17.9. The number of benzene rings is 1. The minimum atomic E-state index is -0.993. The number of carboxylic acid groups (broad SMARTS) is 1. The number of nitrogens with zero attached hydrogens (tertiary/aromatic N) is 5. The van der Waals surface area contributed by atoms with Crippen molar-refractivity contribution in [2.75, 3.05) is 11.9 Å². The topological polar surface area (TPSA) is 126 Å². The van der Waals surface area contributed by atoms with Gasteiger partial charge in [0.25, 0.3) is 5.91 Å². The Morgan fingerprint density at radius 2 is 2.09 bits per heavy atom. The lowest BCUT2D eigenvalue weighted by atomic mass is 10.0. The van der Waals surface area contributed by atoms with Crippen LogP contribution in [-0.2, 0) is 0 Å². The number of amides is 2. The summed E-state index contributed by atoms with van der Waals surface area (Å²) in [5.74, 6) is 0.331. The Kier molecular flexibility index (Phi) is 5.25. The molecule has 168 valence electrons. The van der Waals surface area contributed by atoms with Crippen LogP contribution in [0.3, 0.4) is 0 Å². The van der Waals surface area contributed by atoms with Crippen molar-refractivity contribution in [3.05, 3.63) is 65.9 Å². The molecule has 1 aliphatic heterocycles. The van der Waals surface area contributed by atoms with Crippen LogP contribution in [0.15, 0.2) is 53.3 Å². The molecule has 1 atom stereocenters. The number of hydrogen-bond donors (Lipinski definition) is 2. The van der Waals surface area contributed by atoms with Gasteiger partial charge in [-0.05, 0) is 49.9 Å². The zero-order chi connectivity index (χ0) is 22.9. The molecule has 2 amide bonds. The molecule has 1 aliphatic rings. The number of aryl methyl sites for hydroxylation is 1. The van der Waals surface area contributed by atoms with Gasteiger partial charge in [0.05, 0.1) is 6.20 Å². The molecule has 0 radical (unpaired) electrons. The van der Waals surface area contributed by atoms with Crippen molar-refractivity contribution in [3.63, 3.8) is 0 Å². The lowest BCUT2D eigenvalue weighted by Gasteiger charge is -2.30. The van der Waals surface area contributed by atoms with Gasteiger partial charge in [-0.25, -0.2) is 9.78 Å². The molecule has 1 fully saturated rings. The fraction of sp³-hybridized carbons (Fsp3) is 0.261. The number of hydrogen-bond acceptors (Lipinski definition) is 6.